The van der Waals surface area contributed by atoms with Gasteiger partial charge in [0, 0.05) is 19.7 Å². The molecular weight excluding hydrogens is 334 g/mol. The van der Waals surface area contributed by atoms with Crippen molar-refractivity contribution in [2.75, 3.05) is 20.7 Å². The molecule has 0 aliphatic carbocycles. The number of amides is 1. The first-order chi connectivity index (χ1) is 10.9. The monoisotopic (exact) mass is 357 g/mol. The van der Waals surface area contributed by atoms with Crippen molar-refractivity contribution >= 4 is 24.0 Å². The lowest BCUT2D eigenvalue weighted by Crippen LogP contribution is -2.53. The van der Waals surface area contributed by atoms with E-state index in [1.165, 1.54) is 13.2 Å². The number of rotatable bonds is 6. The Morgan fingerprint density at radius 2 is 2.21 bits per heavy atom. The number of nitro groups is 1. The summed E-state index contributed by atoms with van der Waals surface area (Å²) in [5.41, 5.74) is 0.125. The van der Waals surface area contributed by atoms with E-state index in [9.17, 15) is 14.9 Å². The first-order valence-electron chi connectivity index (χ1n) is 7.75. The van der Waals surface area contributed by atoms with Gasteiger partial charge in [-0.2, -0.15) is 0 Å². The summed E-state index contributed by atoms with van der Waals surface area (Å²) in [6, 6.07) is 4.77. The molecule has 1 amide bonds. The summed E-state index contributed by atoms with van der Waals surface area (Å²) in [6.07, 6.45) is 2.55. The Morgan fingerprint density at radius 3 is 2.71 bits per heavy atom. The van der Waals surface area contributed by atoms with Crippen LogP contribution in [-0.2, 0) is 11.3 Å². The highest BCUT2D eigenvalue weighted by molar-refractivity contribution is 5.86. The van der Waals surface area contributed by atoms with Crippen LogP contribution < -0.4 is 10.1 Å². The number of carbonyl (C=O) groups excluding carboxylic acids is 1. The van der Waals surface area contributed by atoms with Crippen molar-refractivity contribution in [1.29, 1.82) is 0 Å². The third-order valence-corrected chi connectivity index (χ3v) is 4.46. The highest BCUT2D eigenvalue weighted by Gasteiger charge is 2.40. The van der Waals surface area contributed by atoms with E-state index in [1.54, 1.807) is 24.1 Å². The van der Waals surface area contributed by atoms with Crippen LogP contribution >= 0.6 is 12.4 Å². The fourth-order valence-corrected chi connectivity index (χ4v) is 3.13. The van der Waals surface area contributed by atoms with Gasteiger partial charge in [-0.05, 0) is 37.4 Å². The summed E-state index contributed by atoms with van der Waals surface area (Å²) in [5.74, 6) is 0.256. The Morgan fingerprint density at radius 1 is 1.50 bits per heavy atom. The molecule has 1 saturated heterocycles. The van der Waals surface area contributed by atoms with Crippen molar-refractivity contribution in [2.24, 2.45) is 0 Å². The van der Waals surface area contributed by atoms with Crippen LogP contribution in [0.4, 0.5) is 5.69 Å². The molecular formula is C16H24ClN3O4. The van der Waals surface area contributed by atoms with Gasteiger partial charge in [0.05, 0.1) is 17.6 Å². The zero-order valence-corrected chi connectivity index (χ0v) is 15.0. The second kappa shape index (κ2) is 8.30. The maximum absolute atomic E-state index is 12.7. The number of hydrogen-bond acceptors (Lipinski definition) is 5. The molecule has 0 spiro atoms. The lowest BCUT2D eigenvalue weighted by molar-refractivity contribution is -0.385. The zero-order chi connectivity index (χ0) is 17.0. The number of methoxy groups -OCH3 is 1. The van der Waals surface area contributed by atoms with Crippen LogP contribution in [0.2, 0.25) is 0 Å². The number of hydrogen-bond donors (Lipinski definition) is 1. The minimum Gasteiger partial charge on any atom is -0.490 e. The van der Waals surface area contributed by atoms with Crippen molar-refractivity contribution in [1.82, 2.24) is 10.2 Å². The van der Waals surface area contributed by atoms with Crippen LogP contribution in [0.15, 0.2) is 18.2 Å². The molecule has 24 heavy (non-hydrogen) atoms. The van der Waals surface area contributed by atoms with E-state index in [2.05, 4.69) is 5.32 Å². The number of nitrogens with one attached hydrogen (secondary N) is 1. The number of halogens is 1. The van der Waals surface area contributed by atoms with E-state index >= 15 is 0 Å². The largest absolute Gasteiger partial charge is 0.490 e. The third-order valence-electron chi connectivity index (χ3n) is 4.46. The molecule has 0 saturated carbocycles. The topological polar surface area (TPSA) is 84.7 Å². The fourth-order valence-electron chi connectivity index (χ4n) is 3.13. The molecule has 1 aromatic carbocycles. The van der Waals surface area contributed by atoms with Crippen molar-refractivity contribution in [2.45, 2.75) is 38.3 Å². The minimum atomic E-state index is -0.493. The smallest absolute Gasteiger partial charge is 0.311 e. The first-order valence-corrected chi connectivity index (χ1v) is 7.75. The number of nitrogens with zero attached hydrogens (tertiary/aromatic N) is 2. The maximum Gasteiger partial charge on any atom is 0.311 e. The quantitative estimate of drug-likeness (QED) is 0.624. The van der Waals surface area contributed by atoms with Gasteiger partial charge >= 0.3 is 5.69 Å². The van der Waals surface area contributed by atoms with Crippen molar-refractivity contribution < 1.29 is 14.5 Å². The SMILES string of the molecule is CCC1(C(=O)N(C)Cc2ccc(OC)c([N+](=O)[O-])c2)CCCN1.Cl. The van der Waals surface area contributed by atoms with Crippen molar-refractivity contribution in [3.8, 4) is 5.75 Å². The van der Waals surface area contributed by atoms with Crippen molar-refractivity contribution in [3.05, 3.63) is 33.9 Å². The summed E-state index contributed by atoms with van der Waals surface area (Å²) in [5, 5.41) is 14.4. The molecule has 1 aliphatic rings. The Labute approximate surface area is 147 Å². The second-order valence-corrected chi connectivity index (χ2v) is 5.89. The van der Waals surface area contributed by atoms with Crippen LogP contribution in [0.25, 0.3) is 0 Å². The van der Waals surface area contributed by atoms with Gasteiger partial charge in [0.1, 0.15) is 0 Å². The predicted octanol–water partition coefficient (Wildman–Crippen LogP) is 2.52. The van der Waals surface area contributed by atoms with E-state index in [0.29, 0.717) is 12.1 Å². The summed E-state index contributed by atoms with van der Waals surface area (Å²) < 4.78 is 5.00. The Hall–Kier alpha value is -1.86. The molecule has 8 heteroatoms. The van der Waals surface area contributed by atoms with Gasteiger partial charge in [-0.3, -0.25) is 14.9 Å². The molecule has 7 nitrogen and oxygen atoms in total. The van der Waals surface area contributed by atoms with Gasteiger partial charge < -0.3 is 15.0 Å². The van der Waals surface area contributed by atoms with Crippen LogP contribution in [-0.4, -0.2) is 42.0 Å². The molecule has 0 aromatic heterocycles. The van der Waals surface area contributed by atoms with Crippen LogP contribution in [0.3, 0.4) is 0 Å². The number of benzene rings is 1. The van der Waals surface area contributed by atoms with Gasteiger partial charge in [-0.1, -0.05) is 13.0 Å². The van der Waals surface area contributed by atoms with Gasteiger partial charge in [0.15, 0.2) is 5.75 Å². The van der Waals surface area contributed by atoms with Gasteiger partial charge in [0.25, 0.3) is 0 Å². The standard InChI is InChI=1S/C16H23N3O4.ClH/c1-4-16(8-5-9-17-16)15(20)18(2)11-12-6-7-14(23-3)13(10-12)19(21)22;/h6-7,10,17H,4-5,8-9,11H2,1-3H3;1H. The average molecular weight is 358 g/mol. The highest BCUT2D eigenvalue weighted by Crippen LogP contribution is 2.29. The van der Waals surface area contributed by atoms with Crippen LogP contribution in [0.5, 0.6) is 5.75 Å². The van der Waals surface area contributed by atoms with E-state index in [1.807, 2.05) is 6.92 Å². The number of ether oxygens (including phenoxy) is 1. The maximum atomic E-state index is 12.7. The summed E-state index contributed by atoms with van der Waals surface area (Å²) >= 11 is 0. The lowest BCUT2D eigenvalue weighted by Gasteiger charge is -2.31. The summed E-state index contributed by atoms with van der Waals surface area (Å²) in [6.45, 7) is 3.18. The molecule has 2 rings (SSSR count). The molecule has 134 valence electrons. The van der Waals surface area contributed by atoms with Gasteiger partial charge in [-0.25, -0.2) is 0 Å². The van der Waals surface area contributed by atoms with E-state index in [0.717, 1.165) is 25.8 Å². The van der Waals surface area contributed by atoms with Gasteiger partial charge in [-0.15, -0.1) is 12.4 Å². The second-order valence-electron chi connectivity index (χ2n) is 5.89. The number of carbonyl (C=O) groups is 1. The van der Waals surface area contributed by atoms with Crippen LogP contribution in [0.1, 0.15) is 31.7 Å². The number of likely N-dealkylation sites (N-methyl/N-ethyl adjacent to an activating group) is 1. The minimum absolute atomic E-state index is 0. The van der Waals surface area contributed by atoms with Gasteiger partial charge in [0.2, 0.25) is 5.91 Å². The Bertz CT molecular complexity index is 603. The molecule has 0 radical (unpaired) electrons. The third kappa shape index (κ3) is 3.96. The molecule has 1 atom stereocenters. The molecule has 1 fully saturated rings. The van der Waals surface area contributed by atoms with E-state index in [4.69, 9.17) is 4.74 Å². The highest BCUT2D eigenvalue weighted by atomic mass is 35.5. The van der Waals surface area contributed by atoms with E-state index in [-0.39, 0.29) is 29.8 Å². The lowest BCUT2D eigenvalue weighted by atomic mass is 9.92. The molecule has 1 aliphatic heterocycles. The number of nitro benzene ring substituents is 1. The zero-order valence-electron chi connectivity index (χ0n) is 14.2. The van der Waals surface area contributed by atoms with Crippen LogP contribution in [0, 0.1) is 10.1 Å². The van der Waals surface area contributed by atoms with E-state index < -0.39 is 10.5 Å². The summed E-state index contributed by atoms with van der Waals surface area (Å²) in [7, 11) is 3.13. The molecule has 1 heterocycles. The Balaban J connectivity index is 0.00000288. The molecule has 1 N–H and O–H groups in total. The first kappa shape index (κ1) is 20.2. The molecule has 1 aromatic rings. The predicted molar refractivity (Wildman–Crippen MR) is 93.6 cm³/mol. The molecule has 1 unspecified atom stereocenters. The van der Waals surface area contributed by atoms with Crippen molar-refractivity contribution in [3.63, 3.8) is 0 Å². The average Bonchev–Trinajstić information content (AvgIpc) is 3.04. The summed E-state index contributed by atoms with van der Waals surface area (Å²) in [4.78, 5) is 25.0. The molecule has 0 bridgehead atoms. The normalized spacial score (nSPS) is 19.5. The Kier molecular flexibility index (Phi) is 6.98. The fraction of sp³-hybridized carbons (Fsp3) is 0.562.